The minimum atomic E-state index is 0. The fourth-order valence-corrected chi connectivity index (χ4v) is 2.93. The van der Waals surface area contributed by atoms with Crippen molar-refractivity contribution in [2.45, 2.75) is 6.54 Å². The first-order valence-electron chi connectivity index (χ1n) is 6.97. The number of fused-ring (bicyclic) bond motifs is 3. The highest BCUT2D eigenvalue weighted by molar-refractivity contribution is 6.31. The van der Waals surface area contributed by atoms with Crippen molar-refractivity contribution in [1.82, 2.24) is 9.55 Å². The van der Waals surface area contributed by atoms with Gasteiger partial charge in [-0.25, -0.2) is 4.98 Å². The van der Waals surface area contributed by atoms with Crippen molar-refractivity contribution in [3.8, 4) is 0 Å². The van der Waals surface area contributed by atoms with Crippen LogP contribution in [0.15, 0.2) is 42.5 Å². The van der Waals surface area contributed by atoms with Gasteiger partial charge in [-0.3, -0.25) is 0 Å². The maximum Gasteiger partial charge on any atom is 0.176 e. The molecule has 0 saturated carbocycles. The Morgan fingerprint density at radius 1 is 1.04 bits per heavy atom. The monoisotopic (exact) mass is 366 g/mol. The van der Waals surface area contributed by atoms with Crippen LogP contribution in [0, 0.1) is 0 Å². The molecule has 0 aliphatic carbocycles. The summed E-state index contributed by atoms with van der Waals surface area (Å²) in [6.45, 7) is 1.38. The molecule has 0 fully saturated rings. The van der Waals surface area contributed by atoms with E-state index in [1.54, 1.807) is 0 Å². The Hall–Kier alpha value is -1.68. The van der Waals surface area contributed by atoms with Crippen molar-refractivity contribution in [2.24, 2.45) is 0 Å². The Kier molecular flexibility index (Phi) is 4.53. The van der Waals surface area contributed by atoms with E-state index in [-0.39, 0.29) is 12.4 Å². The van der Waals surface area contributed by atoms with Crippen LogP contribution in [0.1, 0.15) is 11.4 Å². The first-order chi connectivity index (χ1) is 10.7. The highest BCUT2D eigenvalue weighted by Gasteiger charge is 2.20. The Balaban J connectivity index is 0.00000156. The molecule has 1 aromatic heterocycles. The van der Waals surface area contributed by atoms with E-state index in [0.717, 1.165) is 34.7 Å². The molecule has 0 unspecified atom stereocenters. The molecule has 0 N–H and O–H groups in total. The van der Waals surface area contributed by atoms with Gasteiger partial charge < -0.3 is 9.30 Å². The van der Waals surface area contributed by atoms with Gasteiger partial charge >= 0.3 is 0 Å². The van der Waals surface area contributed by atoms with Gasteiger partial charge in [-0.2, -0.15) is 0 Å². The normalized spacial score (nSPS) is 15.1. The average Bonchev–Trinajstić information content (AvgIpc) is 2.89. The van der Waals surface area contributed by atoms with E-state index in [1.165, 1.54) is 0 Å². The third kappa shape index (κ3) is 3.05. The summed E-state index contributed by atoms with van der Waals surface area (Å²) in [7, 11) is 0. The first kappa shape index (κ1) is 16.2. The summed E-state index contributed by atoms with van der Waals surface area (Å²) in [5.41, 5.74) is 2.98. The maximum atomic E-state index is 6.10. The highest BCUT2D eigenvalue weighted by atomic mass is 35.5. The molecule has 0 saturated heterocycles. The van der Waals surface area contributed by atoms with Gasteiger partial charge in [-0.05, 0) is 42.0 Å². The summed E-state index contributed by atoms with van der Waals surface area (Å²) in [5.74, 6) is 1.60. The Bertz CT molecular complexity index is 885. The van der Waals surface area contributed by atoms with E-state index < -0.39 is 0 Å². The third-order valence-electron chi connectivity index (χ3n) is 3.67. The fraction of sp³-hybridized carbons (Fsp3) is 0.118. The molecule has 23 heavy (non-hydrogen) atoms. The number of imidazole rings is 1. The zero-order valence-electron chi connectivity index (χ0n) is 12.0. The number of halogens is 3. The smallest absolute Gasteiger partial charge is 0.176 e. The largest absolute Gasteiger partial charge is 0.488 e. The lowest BCUT2D eigenvalue weighted by Crippen LogP contribution is -2.15. The van der Waals surface area contributed by atoms with E-state index in [1.807, 2.05) is 48.5 Å². The SMILES string of the molecule is Cl.Clc1ccc(/C=C2\OCCn3c2nc2ccc(Cl)cc23)cc1. The molecular formula is C17H13Cl3N2O. The molecular weight excluding hydrogens is 355 g/mol. The van der Waals surface area contributed by atoms with E-state index in [2.05, 4.69) is 9.55 Å². The number of rotatable bonds is 1. The van der Waals surface area contributed by atoms with Crippen LogP contribution in [-0.4, -0.2) is 16.2 Å². The maximum absolute atomic E-state index is 6.10. The van der Waals surface area contributed by atoms with Crippen LogP contribution in [0.5, 0.6) is 0 Å². The number of benzene rings is 2. The van der Waals surface area contributed by atoms with Crippen molar-refractivity contribution < 1.29 is 4.74 Å². The van der Waals surface area contributed by atoms with Crippen LogP contribution >= 0.6 is 35.6 Å². The molecule has 118 valence electrons. The molecule has 3 aromatic rings. The second-order valence-electron chi connectivity index (χ2n) is 5.13. The Morgan fingerprint density at radius 2 is 1.78 bits per heavy atom. The summed E-state index contributed by atoms with van der Waals surface area (Å²) in [6, 6.07) is 13.4. The van der Waals surface area contributed by atoms with Crippen molar-refractivity contribution in [3.05, 3.63) is 63.9 Å². The van der Waals surface area contributed by atoms with Crippen LogP contribution in [0.25, 0.3) is 22.9 Å². The van der Waals surface area contributed by atoms with Crippen molar-refractivity contribution >= 4 is 58.5 Å². The van der Waals surface area contributed by atoms with Gasteiger partial charge in [-0.15, -0.1) is 12.4 Å². The van der Waals surface area contributed by atoms with Crippen molar-refractivity contribution in [1.29, 1.82) is 0 Å². The molecule has 2 heterocycles. The molecule has 1 aliphatic rings. The van der Waals surface area contributed by atoms with Crippen LogP contribution in [0.2, 0.25) is 10.0 Å². The van der Waals surface area contributed by atoms with Gasteiger partial charge in [0.15, 0.2) is 11.6 Å². The summed E-state index contributed by atoms with van der Waals surface area (Å²) in [5, 5.41) is 1.43. The number of hydrogen-bond donors (Lipinski definition) is 0. The number of ether oxygens (including phenoxy) is 1. The van der Waals surface area contributed by atoms with Crippen molar-refractivity contribution in [3.63, 3.8) is 0 Å². The van der Waals surface area contributed by atoms with E-state index >= 15 is 0 Å². The minimum Gasteiger partial charge on any atom is -0.488 e. The molecule has 0 radical (unpaired) electrons. The summed E-state index contributed by atoms with van der Waals surface area (Å²) >= 11 is 12.0. The molecule has 6 heteroatoms. The molecule has 1 aliphatic heterocycles. The Morgan fingerprint density at radius 3 is 2.57 bits per heavy atom. The van der Waals surface area contributed by atoms with Crippen LogP contribution in [0.3, 0.4) is 0 Å². The van der Waals surface area contributed by atoms with Gasteiger partial charge in [0.1, 0.15) is 6.61 Å². The second kappa shape index (κ2) is 6.44. The van der Waals surface area contributed by atoms with Crippen LogP contribution < -0.4 is 0 Å². The first-order valence-corrected chi connectivity index (χ1v) is 7.72. The molecule has 4 rings (SSSR count). The number of hydrogen-bond acceptors (Lipinski definition) is 2. The summed E-state index contributed by atoms with van der Waals surface area (Å²) in [4.78, 5) is 4.67. The Labute approximate surface area is 149 Å². The minimum absolute atomic E-state index is 0. The molecule has 3 nitrogen and oxygen atoms in total. The molecule has 0 spiro atoms. The fourth-order valence-electron chi connectivity index (χ4n) is 2.64. The lowest BCUT2D eigenvalue weighted by Gasteiger charge is -2.19. The van der Waals surface area contributed by atoms with Crippen LogP contribution in [0.4, 0.5) is 0 Å². The standard InChI is InChI=1S/C17H12Cl2N2O.ClH/c18-12-3-1-11(2-4-12)9-16-17-20-14-6-5-13(19)10-15(14)21(17)7-8-22-16;/h1-6,9-10H,7-8H2;1H/b16-9-;. The van der Waals surface area contributed by atoms with Gasteiger partial charge in [0, 0.05) is 10.0 Å². The van der Waals surface area contributed by atoms with Gasteiger partial charge in [0.25, 0.3) is 0 Å². The molecule has 0 bridgehead atoms. The average molecular weight is 368 g/mol. The second-order valence-corrected chi connectivity index (χ2v) is 6.00. The van der Waals surface area contributed by atoms with Crippen molar-refractivity contribution in [2.75, 3.05) is 6.61 Å². The van der Waals surface area contributed by atoms with E-state index in [9.17, 15) is 0 Å². The topological polar surface area (TPSA) is 27.1 Å². The third-order valence-corrected chi connectivity index (χ3v) is 4.16. The molecule has 2 aromatic carbocycles. The van der Waals surface area contributed by atoms with Gasteiger partial charge in [0.2, 0.25) is 0 Å². The predicted octanol–water partition coefficient (Wildman–Crippen LogP) is 5.29. The highest BCUT2D eigenvalue weighted by Crippen LogP contribution is 2.29. The summed E-state index contributed by atoms with van der Waals surface area (Å²) < 4.78 is 7.96. The number of aromatic nitrogens is 2. The van der Waals surface area contributed by atoms with Gasteiger partial charge in [0.05, 0.1) is 17.6 Å². The molecule has 0 atom stereocenters. The molecule has 0 amide bonds. The zero-order chi connectivity index (χ0) is 15.1. The van der Waals surface area contributed by atoms with E-state index in [4.69, 9.17) is 27.9 Å². The summed E-state index contributed by atoms with van der Waals surface area (Å²) in [6.07, 6.45) is 1.98. The predicted molar refractivity (Wildman–Crippen MR) is 97.3 cm³/mol. The lowest BCUT2D eigenvalue weighted by atomic mass is 10.2. The quantitative estimate of drug-likeness (QED) is 0.584. The van der Waals surface area contributed by atoms with E-state index in [0.29, 0.717) is 16.7 Å². The lowest BCUT2D eigenvalue weighted by molar-refractivity contribution is 0.239. The van der Waals surface area contributed by atoms with Gasteiger partial charge in [-0.1, -0.05) is 35.3 Å². The number of nitrogens with zero attached hydrogens (tertiary/aromatic N) is 2. The zero-order valence-corrected chi connectivity index (χ0v) is 14.3. The van der Waals surface area contributed by atoms with Crippen LogP contribution in [-0.2, 0) is 11.3 Å².